The molecule has 1 aliphatic carbocycles. The second-order valence-electron chi connectivity index (χ2n) is 20.1. The highest BCUT2D eigenvalue weighted by Crippen LogP contribution is 2.31. The highest BCUT2D eigenvalue weighted by atomic mass is 16.3. The molecular formula is C50H76N10O9. The van der Waals surface area contributed by atoms with Crippen LogP contribution < -0.4 is 48.3 Å². The van der Waals surface area contributed by atoms with E-state index in [1.807, 2.05) is 65.8 Å². The van der Waals surface area contributed by atoms with Gasteiger partial charge in [-0.2, -0.15) is 0 Å². The molecule has 380 valence electrons. The zero-order chi connectivity index (χ0) is 51.3. The Bertz CT molecular complexity index is 2160. The molecule has 69 heavy (non-hydrogen) atoms. The Labute approximate surface area is 406 Å². The summed E-state index contributed by atoms with van der Waals surface area (Å²) in [7, 11) is 1.64. The molecule has 0 saturated carbocycles. The summed E-state index contributed by atoms with van der Waals surface area (Å²) in [6.45, 7) is 15.6. The van der Waals surface area contributed by atoms with Crippen molar-refractivity contribution in [3.8, 4) is 0 Å². The fourth-order valence-corrected chi connectivity index (χ4v) is 8.22. The fourth-order valence-electron chi connectivity index (χ4n) is 8.22. The van der Waals surface area contributed by atoms with Gasteiger partial charge in [0.1, 0.15) is 30.2 Å². The summed E-state index contributed by atoms with van der Waals surface area (Å²) in [5.41, 5.74) is 7.37. The van der Waals surface area contributed by atoms with Gasteiger partial charge < -0.3 is 58.3 Å². The number of likely N-dealkylation sites (tertiary alicyclic amines) is 1. The number of nitrogens with two attached hydrogens (primary N) is 1. The molecule has 0 radical (unpaired) electrons. The lowest BCUT2D eigenvalue weighted by atomic mass is 9.85. The second kappa shape index (κ2) is 25.1. The van der Waals surface area contributed by atoms with Crippen molar-refractivity contribution < 1.29 is 43.5 Å². The van der Waals surface area contributed by atoms with Crippen LogP contribution in [0.25, 0.3) is 0 Å². The average Bonchev–Trinajstić information content (AvgIpc) is 3.74. The smallest absolute Gasteiger partial charge is 0.251 e. The topological polar surface area (TPSA) is 282 Å². The van der Waals surface area contributed by atoms with Gasteiger partial charge >= 0.3 is 0 Å². The molecule has 2 aromatic rings. The molecule has 11 N–H and O–H groups in total. The lowest BCUT2D eigenvalue weighted by Gasteiger charge is -2.36. The summed E-state index contributed by atoms with van der Waals surface area (Å²) in [6.07, 6.45) is 2.56. The summed E-state index contributed by atoms with van der Waals surface area (Å²) >= 11 is 0. The minimum absolute atomic E-state index is 0.0180. The number of nitrogens with zero attached hydrogens (tertiary/aromatic N) is 1. The summed E-state index contributed by atoms with van der Waals surface area (Å²) in [5.74, 6) is -4.52. The van der Waals surface area contributed by atoms with Gasteiger partial charge in [-0.05, 0) is 99.6 Å². The number of benzene rings is 2. The molecule has 0 spiro atoms. The summed E-state index contributed by atoms with van der Waals surface area (Å²) in [5, 5.41) is 32.2. The number of nitrogens with one attached hydrogen (secondary N) is 8. The maximum absolute atomic E-state index is 14.6. The molecule has 19 heteroatoms. The molecule has 1 aliphatic heterocycles. The van der Waals surface area contributed by atoms with Gasteiger partial charge in [0.05, 0.1) is 18.7 Å². The van der Waals surface area contributed by atoms with Crippen LogP contribution in [-0.2, 0) is 35.2 Å². The van der Waals surface area contributed by atoms with E-state index in [1.54, 1.807) is 33.9 Å². The van der Waals surface area contributed by atoms with Gasteiger partial charge in [0.15, 0.2) is 0 Å². The van der Waals surface area contributed by atoms with Crippen molar-refractivity contribution in [1.82, 2.24) is 47.4 Å². The Morgan fingerprint density at radius 2 is 1.45 bits per heavy atom. The third-order valence-corrected chi connectivity index (χ3v) is 13.0. The van der Waals surface area contributed by atoms with E-state index in [4.69, 9.17) is 5.73 Å². The number of hydrogen-bond donors (Lipinski definition) is 10. The summed E-state index contributed by atoms with van der Waals surface area (Å²) < 4.78 is 0. The largest absolute Gasteiger partial charge is 0.394 e. The van der Waals surface area contributed by atoms with Gasteiger partial charge in [-0.15, -0.1) is 0 Å². The first-order chi connectivity index (χ1) is 32.5. The van der Waals surface area contributed by atoms with Crippen LogP contribution in [-0.4, -0.2) is 132 Å². The molecule has 1 heterocycles. The molecule has 0 aromatic heterocycles. The molecule has 2 aliphatic rings. The third kappa shape index (κ3) is 15.3. The van der Waals surface area contributed by atoms with Crippen LogP contribution in [0.4, 0.5) is 0 Å². The Balaban J connectivity index is 1.50. The van der Waals surface area contributed by atoms with Crippen molar-refractivity contribution in [1.29, 1.82) is 0 Å². The quantitative estimate of drug-likeness (QED) is 0.0841. The van der Waals surface area contributed by atoms with Crippen LogP contribution >= 0.6 is 0 Å². The van der Waals surface area contributed by atoms with E-state index in [2.05, 4.69) is 42.5 Å². The number of fused-ring (bicyclic) bond motifs is 1. The van der Waals surface area contributed by atoms with E-state index >= 15 is 0 Å². The first-order valence-corrected chi connectivity index (χ1v) is 24.1. The Morgan fingerprint density at radius 1 is 0.783 bits per heavy atom. The first-order valence-electron chi connectivity index (χ1n) is 24.1. The zero-order valence-electron chi connectivity index (χ0n) is 41.9. The number of aryl methyl sites for hydroxylation is 1. The lowest BCUT2D eigenvalue weighted by molar-refractivity contribution is -0.144. The summed E-state index contributed by atoms with van der Waals surface area (Å²) in [6, 6.07) is 6.77. The zero-order valence-corrected chi connectivity index (χ0v) is 41.9. The minimum atomic E-state index is -1.25. The predicted molar refractivity (Wildman–Crippen MR) is 261 cm³/mol. The Hall–Kier alpha value is -5.92. The lowest BCUT2D eigenvalue weighted by Crippen LogP contribution is -2.59. The van der Waals surface area contributed by atoms with Gasteiger partial charge in [0.25, 0.3) is 11.8 Å². The van der Waals surface area contributed by atoms with Gasteiger partial charge in [0.2, 0.25) is 35.4 Å². The van der Waals surface area contributed by atoms with Crippen molar-refractivity contribution in [2.24, 2.45) is 23.0 Å². The molecule has 0 unspecified atom stereocenters. The molecule has 2 aromatic carbocycles. The van der Waals surface area contributed by atoms with E-state index in [0.29, 0.717) is 0 Å². The standard InChI is InChI=1S/C50H76N10O9/c1-27(2)29(5)54-46(66)38(57-48(68)40(28(3)4)58-45(65)36(51)26-61)21-22-53-43(63)32-17-13-18-33(23-32)44(64)55-34-24-39(47(67)56-37-20-14-16-31-15-11-12-19-35(31)37)60(25-34)49(69)41(50(7,8)9)59-42(62)30(6)52-10/h11-13,15,17-19,23,27-30,34,36-41,52,61H,14,16,20-22,24-26,51H2,1-10H3,(H,53,63)(H,54,66)(H,55,64)(H,56,67)(H,57,68)(H,58,65)(H,59,62)/t29-,30-,34-,36+,37+,38+,39-,40+,41+/m0/s1. The van der Waals surface area contributed by atoms with E-state index in [0.717, 1.165) is 30.4 Å². The van der Waals surface area contributed by atoms with Crippen molar-refractivity contribution >= 4 is 47.3 Å². The Kier molecular flexibility index (Phi) is 20.2. The highest BCUT2D eigenvalue weighted by molar-refractivity contribution is 6.00. The van der Waals surface area contributed by atoms with E-state index < -0.39 is 95.7 Å². The van der Waals surface area contributed by atoms with Crippen molar-refractivity contribution in [3.05, 3.63) is 70.8 Å². The van der Waals surface area contributed by atoms with Crippen LogP contribution in [0.3, 0.4) is 0 Å². The minimum Gasteiger partial charge on any atom is -0.394 e. The fraction of sp³-hybridized carbons (Fsp3) is 0.600. The molecule has 0 bridgehead atoms. The number of rotatable bonds is 21. The highest BCUT2D eigenvalue weighted by Gasteiger charge is 2.46. The maximum Gasteiger partial charge on any atom is 0.251 e. The first kappa shape index (κ1) is 55.7. The average molecular weight is 961 g/mol. The number of hydrogen-bond acceptors (Lipinski definition) is 11. The van der Waals surface area contributed by atoms with Crippen molar-refractivity contribution in [2.75, 3.05) is 26.7 Å². The number of aliphatic hydroxyl groups excluding tert-OH is 1. The number of amides is 8. The molecule has 8 amide bonds. The molecule has 1 saturated heterocycles. The van der Waals surface area contributed by atoms with Gasteiger partial charge in [-0.25, -0.2) is 0 Å². The normalized spacial score (nSPS) is 19.4. The van der Waals surface area contributed by atoms with Crippen LogP contribution in [0.1, 0.15) is 126 Å². The van der Waals surface area contributed by atoms with E-state index in [-0.39, 0.29) is 66.9 Å². The van der Waals surface area contributed by atoms with Crippen molar-refractivity contribution in [2.45, 2.75) is 149 Å². The number of aliphatic hydroxyl groups is 1. The summed E-state index contributed by atoms with van der Waals surface area (Å²) in [4.78, 5) is 110. The van der Waals surface area contributed by atoms with Crippen LogP contribution in [0.5, 0.6) is 0 Å². The molecule has 4 rings (SSSR count). The Morgan fingerprint density at radius 3 is 2.07 bits per heavy atom. The third-order valence-electron chi connectivity index (χ3n) is 13.0. The monoisotopic (exact) mass is 961 g/mol. The van der Waals surface area contributed by atoms with Gasteiger partial charge in [-0.1, -0.05) is 78.8 Å². The van der Waals surface area contributed by atoms with Crippen LogP contribution in [0, 0.1) is 17.3 Å². The number of carbonyl (C=O) groups excluding carboxylic acids is 8. The number of carbonyl (C=O) groups is 8. The predicted octanol–water partition coefficient (Wildman–Crippen LogP) is 0.944. The van der Waals surface area contributed by atoms with Gasteiger partial charge in [-0.3, -0.25) is 38.4 Å². The van der Waals surface area contributed by atoms with Crippen molar-refractivity contribution in [3.63, 3.8) is 0 Å². The van der Waals surface area contributed by atoms with Crippen LogP contribution in [0.15, 0.2) is 48.5 Å². The van der Waals surface area contributed by atoms with Crippen LogP contribution in [0.2, 0.25) is 0 Å². The second-order valence-corrected chi connectivity index (χ2v) is 20.1. The molecule has 19 nitrogen and oxygen atoms in total. The number of likely N-dealkylation sites (N-methyl/N-ethyl adjacent to an activating group) is 1. The maximum atomic E-state index is 14.6. The van der Waals surface area contributed by atoms with E-state index in [1.165, 1.54) is 23.1 Å². The van der Waals surface area contributed by atoms with Gasteiger partial charge in [0, 0.05) is 36.3 Å². The van der Waals surface area contributed by atoms with E-state index in [9.17, 15) is 43.5 Å². The SMILES string of the molecule is CN[C@@H](C)C(=O)N[C@H](C(=O)N1C[C@@H](NC(=O)c2cccc(C(=O)NCC[C@@H](NC(=O)[C@H](NC(=O)[C@H](N)CO)C(C)C)C(=O)N[C@@H](C)C(C)C)c2)C[C@H]1C(=O)N[C@@H]1CCCc2ccccc21)C(C)(C)C. The molecular weight excluding hydrogens is 885 g/mol. The molecule has 9 atom stereocenters. The molecule has 1 fully saturated rings.